The molecule has 0 aliphatic heterocycles. The number of likely N-dealkylation sites (N-methyl/N-ethyl adjacent to an activating group) is 1. The van der Waals surface area contributed by atoms with E-state index in [0.29, 0.717) is 12.2 Å². The Kier molecular flexibility index (Phi) is 6.41. The van der Waals surface area contributed by atoms with Crippen LogP contribution in [0.1, 0.15) is 32.3 Å². The average molecular weight is 314 g/mol. The fraction of sp³-hybridized carbons (Fsp3) is 0.421. The Morgan fingerprint density at radius 3 is 2.91 bits per heavy atom. The number of H-pyrrole nitrogens is 1. The van der Waals surface area contributed by atoms with Gasteiger partial charge in [0.05, 0.1) is 0 Å². The van der Waals surface area contributed by atoms with Crippen molar-refractivity contribution in [1.82, 2.24) is 9.88 Å². The average Bonchev–Trinajstić information content (AvgIpc) is 2.96. The number of ether oxygens (including phenoxy) is 1. The Balaban J connectivity index is 2.20. The van der Waals surface area contributed by atoms with E-state index >= 15 is 0 Å². The maximum Gasteiger partial charge on any atom is 0.311 e. The molecule has 0 spiro atoms. The van der Waals surface area contributed by atoms with Crippen LogP contribution in [0.25, 0.3) is 10.9 Å². The summed E-state index contributed by atoms with van der Waals surface area (Å²) < 4.78 is 5.56. The van der Waals surface area contributed by atoms with E-state index in [1.54, 1.807) is 0 Å². The van der Waals surface area contributed by atoms with Crippen molar-refractivity contribution in [3.8, 4) is 5.75 Å². The second-order valence-electron chi connectivity index (χ2n) is 5.65. The minimum atomic E-state index is -0.172. The van der Waals surface area contributed by atoms with Crippen molar-refractivity contribution >= 4 is 16.9 Å². The lowest BCUT2D eigenvalue weighted by Crippen LogP contribution is -2.25. The summed E-state index contributed by atoms with van der Waals surface area (Å²) >= 11 is 0. The number of nitrogens with one attached hydrogen (secondary N) is 1. The Hall–Kier alpha value is -2.07. The van der Waals surface area contributed by atoms with Gasteiger partial charge in [-0.1, -0.05) is 26.0 Å². The normalized spacial score (nSPS) is 11.1. The third kappa shape index (κ3) is 4.45. The first-order valence-corrected chi connectivity index (χ1v) is 8.32. The summed E-state index contributed by atoms with van der Waals surface area (Å²) in [7, 11) is 0. The van der Waals surface area contributed by atoms with Crippen molar-refractivity contribution in [3.63, 3.8) is 0 Å². The van der Waals surface area contributed by atoms with Gasteiger partial charge >= 0.3 is 5.97 Å². The Labute approximate surface area is 138 Å². The molecule has 1 aromatic carbocycles. The maximum atomic E-state index is 11.8. The van der Waals surface area contributed by atoms with Crippen LogP contribution in [-0.2, 0) is 11.2 Å². The highest BCUT2D eigenvalue weighted by Crippen LogP contribution is 2.29. The van der Waals surface area contributed by atoms with E-state index in [1.165, 1.54) is 5.56 Å². The lowest BCUT2D eigenvalue weighted by atomic mass is 10.1. The molecule has 0 radical (unpaired) electrons. The van der Waals surface area contributed by atoms with Crippen LogP contribution in [0, 0.1) is 0 Å². The van der Waals surface area contributed by atoms with Crippen LogP contribution < -0.4 is 4.74 Å². The molecule has 0 saturated carbocycles. The van der Waals surface area contributed by atoms with Crippen LogP contribution in [0.5, 0.6) is 5.75 Å². The molecule has 0 fully saturated rings. The van der Waals surface area contributed by atoms with Gasteiger partial charge in [-0.3, -0.25) is 9.69 Å². The first-order chi connectivity index (χ1) is 11.2. The quantitative estimate of drug-likeness (QED) is 0.433. The molecule has 2 rings (SSSR count). The number of hydrogen-bond acceptors (Lipinski definition) is 3. The fourth-order valence-electron chi connectivity index (χ4n) is 2.72. The standard InChI is InChI=1S/C19H26N2O2/c1-4-8-18(22)23-17-10-7-9-16-19(17)15(14-20-16)11-13-21(6-3)12-5-2/h5,7,9-10,14,20H,2,4,6,8,11-13H2,1,3H3. The summed E-state index contributed by atoms with van der Waals surface area (Å²) in [6, 6.07) is 5.79. The first-order valence-electron chi connectivity index (χ1n) is 8.32. The van der Waals surface area contributed by atoms with Gasteiger partial charge in [-0.25, -0.2) is 0 Å². The molecule has 0 saturated heterocycles. The summed E-state index contributed by atoms with van der Waals surface area (Å²) in [5, 5.41) is 1.02. The highest BCUT2D eigenvalue weighted by atomic mass is 16.5. The van der Waals surface area contributed by atoms with Crippen molar-refractivity contribution in [2.24, 2.45) is 0 Å². The van der Waals surface area contributed by atoms with Crippen LogP contribution in [0.4, 0.5) is 0 Å². The van der Waals surface area contributed by atoms with Crippen LogP contribution in [-0.4, -0.2) is 35.5 Å². The van der Waals surface area contributed by atoms with Gasteiger partial charge < -0.3 is 9.72 Å². The largest absolute Gasteiger partial charge is 0.426 e. The summed E-state index contributed by atoms with van der Waals surface area (Å²) in [6.45, 7) is 10.8. The van der Waals surface area contributed by atoms with Crippen molar-refractivity contribution < 1.29 is 9.53 Å². The molecule has 4 heteroatoms. The van der Waals surface area contributed by atoms with E-state index in [9.17, 15) is 4.79 Å². The van der Waals surface area contributed by atoms with Crippen molar-refractivity contribution in [2.75, 3.05) is 19.6 Å². The molecule has 2 aromatic rings. The molecular formula is C19H26N2O2. The number of carbonyl (C=O) groups excluding carboxylic acids is 1. The second kappa shape index (κ2) is 8.53. The maximum absolute atomic E-state index is 11.8. The van der Waals surface area contributed by atoms with Crippen molar-refractivity contribution in [3.05, 3.63) is 42.6 Å². The zero-order valence-electron chi connectivity index (χ0n) is 14.1. The molecule has 4 nitrogen and oxygen atoms in total. The molecule has 0 amide bonds. The van der Waals surface area contributed by atoms with E-state index in [1.807, 2.05) is 37.4 Å². The molecular weight excluding hydrogens is 288 g/mol. The molecule has 0 unspecified atom stereocenters. The third-order valence-corrected chi connectivity index (χ3v) is 3.96. The summed E-state index contributed by atoms with van der Waals surface area (Å²) in [5.41, 5.74) is 2.19. The van der Waals surface area contributed by atoms with Gasteiger partial charge in [0.2, 0.25) is 0 Å². The van der Waals surface area contributed by atoms with Gasteiger partial charge in [-0.2, -0.15) is 0 Å². The highest BCUT2D eigenvalue weighted by Gasteiger charge is 2.13. The number of aromatic amines is 1. The molecule has 0 bridgehead atoms. The van der Waals surface area contributed by atoms with Gasteiger partial charge in [-0.05, 0) is 37.1 Å². The van der Waals surface area contributed by atoms with Gasteiger partial charge in [0, 0.05) is 36.6 Å². The zero-order valence-corrected chi connectivity index (χ0v) is 14.1. The van der Waals surface area contributed by atoms with Crippen molar-refractivity contribution in [2.45, 2.75) is 33.1 Å². The lowest BCUT2D eigenvalue weighted by molar-refractivity contribution is -0.134. The smallest absolute Gasteiger partial charge is 0.311 e. The Morgan fingerprint density at radius 1 is 1.39 bits per heavy atom. The monoisotopic (exact) mass is 314 g/mol. The number of esters is 1. The number of fused-ring (bicyclic) bond motifs is 1. The minimum Gasteiger partial charge on any atom is -0.426 e. The predicted octanol–water partition coefficient (Wildman–Crippen LogP) is 3.92. The van der Waals surface area contributed by atoms with Crippen LogP contribution in [0.3, 0.4) is 0 Å². The van der Waals surface area contributed by atoms with Gasteiger partial charge in [0.1, 0.15) is 5.75 Å². The number of aromatic nitrogens is 1. The summed E-state index contributed by atoms with van der Waals surface area (Å²) in [5.74, 6) is 0.484. The first kappa shape index (κ1) is 17.3. The Morgan fingerprint density at radius 2 is 2.22 bits per heavy atom. The van der Waals surface area contributed by atoms with E-state index in [4.69, 9.17) is 4.74 Å². The fourth-order valence-corrected chi connectivity index (χ4v) is 2.72. The van der Waals surface area contributed by atoms with E-state index < -0.39 is 0 Å². The highest BCUT2D eigenvalue weighted by molar-refractivity contribution is 5.91. The van der Waals surface area contributed by atoms with Crippen LogP contribution in [0.15, 0.2) is 37.1 Å². The molecule has 1 N–H and O–H groups in total. The van der Waals surface area contributed by atoms with Gasteiger partial charge in [0.25, 0.3) is 0 Å². The lowest BCUT2D eigenvalue weighted by Gasteiger charge is -2.18. The number of nitrogens with zero attached hydrogens (tertiary/aromatic N) is 1. The van der Waals surface area contributed by atoms with E-state index in [-0.39, 0.29) is 5.97 Å². The minimum absolute atomic E-state index is 0.172. The van der Waals surface area contributed by atoms with Gasteiger partial charge in [-0.15, -0.1) is 6.58 Å². The molecule has 0 aliphatic carbocycles. The SMILES string of the molecule is C=CCN(CC)CCc1c[nH]c2cccc(OC(=O)CCC)c12. The molecule has 0 aliphatic rings. The van der Waals surface area contributed by atoms with E-state index in [2.05, 4.69) is 23.4 Å². The van der Waals surface area contributed by atoms with Crippen LogP contribution >= 0.6 is 0 Å². The third-order valence-electron chi connectivity index (χ3n) is 3.96. The van der Waals surface area contributed by atoms with E-state index in [0.717, 1.165) is 43.4 Å². The summed E-state index contributed by atoms with van der Waals surface area (Å²) in [6.07, 6.45) is 6.09. The molecule has 23 heavy (non-hydrogen) atoms. The molecule has 1 aromatic heterocycles. The summed E-state index contributed by atoms with van der Waals surface area (Å²) in [4.78, 5) is 17.4. The Bertz CT molecular complexity index is 660. The number of rotatable bonds is 9. The van der Waals surface area contributed by atoms with Gasteiger partial charge in [0.15, 0.2) is 0 Å². The van der Waals surface area contributed by atoms with Crippen LogP contribution in [0.2, 0.25) is 0 Å². The molecule has 124 valence electrons. The number of benzene rings is 1. The topological polar surface area (TPSA) is 45.3 Å². The number of carbonyl (C=O) groups is 1. The zero-order chi connectivity index (χ0) is 16.7. The second-order valence-corrected chi connectivity index (χ2v) is 5.65. The van der Waals surface area contributed by atoms with Crippen molar-refractivity contribution in [1.29, 1.82) is 0 Å². The predicted molar refractivity (Wildman–Crippen MR) is 94.9 cm³/mol. The number of hydrogen-bond donors (Lipinski definition) is 1. The molecule has 1 heterocycles. The molecule has 0 atom stereocenters.